The Balaban J connectivity index is 1.70. The lowest BCUT2D eigenvalue weighted by molar-refractivity contribution is -0.139. The van der Waals surface area contributed by atoms with Crippen LogP contribution in [0.15, 0.2) is 23.6 Å². The first-order valence-corrected chi connectivity index (χ1v) is 8.04. The van der Waals surface area contributed by atoms with Gasteiger partial charge in [-0.25, -0.2) is 4.98 Å². The van der Waals surface area contributed by atoms with Crippen molar-refractivity contribution < 1.29 is 14.7 Å². The molecule has 0 saturated heterocycles. The summed E-state index contributed by atoms with van der Waals surface area (Å²) in [6.45, 7) is 0. The van der Waals surface area contributed by atoms with E-state index in [-0.39, 0.29) is 5.91 Å². The summed E-state index contributed by atoms with van der Waals surface area (Å²) in [6.07, 6.45) is 0.380. The molecule has 1 aliphatic carbocycles. The van der Waals surface area contributed by atoms with Crippen molar-refractivity contribution in [3.8, 4) is 10.6 Å². The van der Waals surface area contributed by atoms with Gasteiger partial charge >= 0.3 is 5.97 Å². The molecular weight excluding hydrogens is 347 g/mol. The number of benzene rings is 1. The number of aliphatic carboxylic acids is 1. The fourth-order valence-corrected chi connectivity index (χ4v) is 3.12. The van der Waals surface area contributed by atoms with Gasteiger partial charge in [0.05, 0.1) is 21.9 Å². The van der Waals surface area contributed by atoms with E-state index in [1.165, 1.54) is 11.3 Å². The van der Waals surface area contributed by atoms with Crippen molar-refractivity contribution in [3.05, 3.63) is 33.6 Å². The molecule has 1 aromatic carbocycles. The van der Waals surface area contributed by atoms with E-state index in [1.54, 1.807) is 23.6 Å². The number of amides is 1. The van der Waals surface area contributed by atoms with Gasteiger partial charge in [0.2, 0.25) is 5.91 Å². The molecular formula is C14H10Cl2N2O3S. The minimum absolute atomic E-state index is 0.307. The van der Waals surface area contributed by atoms with Crippen LogP contribution in [0, 0.1) is 11.8 Å². The summed E-state index contributed by atoms with van der Waals surface area (Å²) in [7, 11) is 0. The Morgan fingerprint density at radius 2 is 2.05 bits per heavy atom. The van der Waals surface area contributed by atoms with Gasteiger partial charge in [0, 0.05) is 10.9 Å². The summed E-state index contributed by atoms with van der Waals surface area (Å²) in [5.41, 5.74) is 0.801. The van der Waals surface area contributed by atoms with E-state index >= 15 is 0 Å². The van der Waals surface area contributed by atoms with Gasteiger partial charge in [-0.2, -0.15) is 0 Å². The van der Waals surface area contributed by atoms with Crippen molar-refractivity contribution in [3.63, 3.8) is 0 Å². The largest absolute Gasteiger partial charge is 0.481 e. The molecule has 5 nitrogen and oxygen atoms in total. The van der Waals surface area contributed by atoms with E-state index in [0.717, 1.165) is 5.56 Å². The van der Waals surface area contributed by atoms with Gasteiger partial charge in [0.25, 0.3) is 0 Å². The molecule has 2 aromatic rings. The van der Waals surface area contributed by atoms with Crippen LogP contribution in [0.3, 0.4) is 0 Å². The van der Waals surface area contributed by atoms with E-state index in [2.05, 4.69) is 10.3 Å². The van der Waals surface area contributed by atoms with Crippen LogP contribution < -0.4 is 5.32 Å². The minimum atomic E-state index is -0.935. The van der Waals surface area contributed by atoms with E-state index in [0.29, 0.717) is 27.3 Å². The zero-order chi connectivity index (χ0) is 15.9. The van der Waals surface area contributed by atoms with Crippen LogP contribution in [0.2, 0.25) is 10.0 Å². The van der Waals surface area contributed by atoms with Crippen LogP contribution in [0.4, 0.5) is 5.82 Å². The average Bonchev–Trinajstić information content (AvgIpc) is 3.16. The van der Waals surface area contributed by atoms with Gasteiger partial charge in [0.1, 0.15) is 10.8 Å². The number of hydrogen-bond donors (Lipinski definition) is 2. The van der Waals surface area contributed by atoms with Gasteiger partial charge in [0.15, 0.2) is 0 Å². The lowest BCUT2D eigenvalue weighted by Crippen LogP contribution is -2.16. The number of nitrogens with one attached hydrogen (secondary N) is 1. The Kier molecular flexibility index (Phi) is 4.08. The van der Waals surface area contributed by atoms with Crippen molar-refractivity contribution in [2.45, 2.75) is 6.42 Å². The van der Waals surface area contributed by atoms with Gasteiger partial charge < -0.3 is 10.4 Å². The fraction of sp³-hybridized carbons (Fsp3) is 0.214. The highest BCUT2D eigenvalue weighted by atomic mass is 35.5. The quantitative estimate of drug-likeness (QED) is 0.873. The molecule has 0 bridgehead atoms. The number of hydrogen-bond acceptors (Lipinski definition) is 4. The van der Waals surface area contributed by atoms with Gasteiger partial charge in [-0.15, -0.1) is 11.3 Å². The maximum Gasteiger partial charge on any atom is 0.307 e. The van der Waals surface area contributed by atoms with E-state index in [9.17, 15) is 9.59 Å². The Labute approximate surface area is 139 Å². The number of carboxylic acid groups (broad SMARTS) is 1. The fourth-order valence-electron chi connectivity index (χ4n) is 2.07. The van der Waals surface area contributed by atoms with Gasteiger partial charge in [-0.3, -0.25) is 9.59 Å². The third-order valence-electron chi connectivity index (χ3n) is 3.37. The van der Waals surface area contributed by atoms with Crippen LogP contribution in [-0.4, -0.2) is 22.0 Å². The van der Waals surface area contributed by atoms with Crippen LogP contribution >= 0.6 is 34.5 Å². The molecule has 1 heterocycles. The number of thiazole rings is 1. The number of carboxylic acids is 1. The number of rotatable bonds is 4. The molecule has 1 fully saturated rings. The highest BCUT2D eigenvalue weighted by Gasteiger charge is 2.48. The SMILES string of the molecule is O=C(O)[C@H]1C[C@H]1C(=O)Nc1csc(-c2ccc(Cl)c(Cl)c2)n1. The van der Waals surface area contributed by atoms with Crippen molar-refractivity contribution >= 4 is 52.2 Å². The molecule has 1 aliphatic rings. The van der Waals surface area contributed by atoms with Crippen LogP contribution in [0.25, 0.3) is 10.6 Å². The third kappa shape index (κ3) is 3.09. The summed E-state index contributed by atoms with van der Waals surface area (Å²) in [6, 6.07) is 5.18. The second-order valence-electron chi connectivity index (χ2n) is 4.94. The molecule has 0 unspecified atom stereocenters. The lowest BCUT2D eigenvalue weighted by atomic mass is 10.2. The maximum atomic E-state index is 11.9. The van der Waals surface area contributed by atoms with Crippen LogP contribution in [-0.2, 0) is 9.59 Å². The first kappa shape index (κ1) is 15.3. The van der Waals surface area contributed by atoms with E-state index in [1.807, 2.05) is 0 Å². The molecule has 8 heteroatoms. The van der Waals surface area contributed by atoms with Crippen molar-refractivity contribution in [2.24, 2.45) is 11.8 Å². The number of halogens is 2. The maximum absolute atomic E-state index is 11.9. The number of aromatic nitrogens is 1. The zero-order valence-corrected chi connectivity index (χ0v) is 13.4. The monoisotopic (exact) mass is 356 g/mol. The molecule has 1 aromatic heterocycles. The lowest BCUT2D eigenvalue weighted by Gasteiger charge is -2.01. The summed E-state index contributed by atoms with van der Waals surface area (Å²) in [5.74, 6) is -1.87. The topological polar surface area (TPSA) is 79.3 Å². The summed E-state index contributed by atoms with van der Waals surface area (Å²) in [5, 5.41) is 14.8. The molecule has 0 spiro atoms. The van der Waals surface area contributed by atoms with Gasteiger partial charge in [-0.05, 0) is 18.6 Å². The molecule has 2 N–H and O–H groups in total. The van der Waals surface area contributed by atoms with Crippen LogP contribution in [0.1, 0.15) is 6.42 Å². The second kappa shape index (κ2) is 5.87. The molecule has 1 saturated carbocycles. The summed E-state index contributed by atoms with van der Waals surface area (Å²) in [4.78, 5) is 27.0. The predicted octanol–water partition coefficient (Wildman–Crippen LogP) is 3.78. The van der Waals surface area contributed by atoms with Crippen molar-refractivity contribution in [1.29, 1.82) is 0 Å². The molecule has 114 valence electrons. The Morgan fingerprint density at radius 1 is 1.27 bits per heavy atom. The molecule has 0 aliphatic heterocycles. The zero-order valence-electron chi connectivity index (χ0n) is 11.0. The van der Waals surface area contributed by atoms with Crippen molar-refractivity contribution in [2.75, 3.05) is 5.32 Å². The standard InChI is InChI=1S/C14H10Cl2N2O3S/c15-9-2-1-6(3-10(9)16)13-18-11(5-22-13)17-12(19)7-4-8(7)14(20)21/h1-3,5,7-8H,4H2,(H,17,19)(H,20,21)/t7-,8+/m1/s1. The van der Waals surface area contributed by atoms with Gasteiger partial charge in [-0.1, -0.05) is 29.3 Å². The number of carbonyl (C=O) groups excluding carboxylic acids is 1. The first-order valence-electron chi connectivity index (χ1n) is 6.40. The van der Waals surface area contributed by atoms with E-state index in [4.69, 9.17) is 28.3 Å². The average molecular weight is 357 g/mol. The smallest absolute Gasteiger partial charge is 0.307 e. The predicted molar refractivity (Wildman–Crippen MR) is 85.4 cm³/mol. The number of nitrogens with zero attached hydrogens (tertiary/aromatic N) is 1. The highest BCUT2D eigenvalue weighted by molar-refractivity contribution is 7.13. The molecule has 2 atom stereocenters. The van der Waals surface area contributed by atoms with Crippen molar-refractivity contribution in [1.82, 2.24) is 4.98 Å². The molecule has 3 rings (SSSR count). The Hall–Kier alpha value is -1.63. The number of carbonyl (C=O) groups is 2. The normalized spacial score (nSPS) is 19.7. The molecule has 22 heavy (non-hydrogen) atoms. The second-order valence-corrected chi connectivity index (χ2v) is 6.62. The first-order chi connectivity index (χ1) is 10.5. The Morgan fingerprint density at radius 3 is 2.68 bits per heavy atom. The third-order valence-corrected chi connectivity index (χ3v) is 5.00. The molecule has 0 radical (unpaired) electrons. The number of anilines is 1. The summed E-state index contributed by atoms with van der Waals surface area (Å²) >= 11 is 13.2. The van der Waals surface area contributed by atoms with Crippen LogP contribution in [0.5, 0.6) is 0 Å². The summed E-state index contributed by atoms with van der Waals surface area (Å²) < 4.78 is 0. The Bertz CT molecular complexity index is 762. The highest BCUT2D eigenvalue weighted by Crippen LogP contribution is 2.39. The molecule has 1 amide bonds. The minimum Gasteiger partial charge on any atom is -0.481 e. The van der Waals surface area contributed by atoms with E-state index < -0.39 is 17.8 Å².